The van der Waals surface area contributed by atoms with E-state index >= 15 is 0 Å². The van der Waals surface area contributed by atoms with E-state index < -0.39 is 17.2 Å². The van der Waals surface area contributed by atoms with E-state index in [1.54, 1.807) is 0 Å². The molecule has 0 saturated carbocycles. The molecule has 0 aromatic heterocycles. The van der Waals surface area contributed by atoms with E-state index in [1.807, 2.05) is 6.92 Å². The molecule has 1 unspecified atom stereocenters. The molecule has 0 amide bonds. The summed E-state index contributed by atoms with van der Waals surface area (Å²) in [6, 6.07) is 0. The van der Waals surface area contributed by atoms with Gasteiger partial charge in [0.25, 0.3) is 0 Å². The Morgan fingerprint density at radius 3 is 2.40 bits per heavy atom. The van der Waals surface area contributed by atoms with Crippen LogP contribution in [-0.4, -0.2) is 22.1 Å². The minimum absolute atomic E-state index is 0.144. The Morgan fingerprint density at radius 1 is 1.40 bits per heavy atom. The molecule has 10 heavy (non-hydrogen) atoms. The first-order chi connectivity index (χ1) is 4.66. The molecule has 62 valence electrons. The van der Waals surface area contributed by atoms with E-state index in [2.05, 4.69) is 0 Å². The summed E-state index contributed by atoms with van der Waals surface area (Å²) in [6.07, 6.45) is -1.73. The van der Waals surface area contributed by atoms with Crippen molar-refractivity contribution in [2.24, 2.45) is 0 Å². The topological polar surface area (TPSA) is 17.1 Å². The predicted molar refractivity (Wildman–Crippen MR) is 38.8 cm³/mol. The predicted octanol–water partition coefficient (Wildman–Crippen LogP) is 1.80. The Bertz CT molecular complexity index is 106. The minimum atomic E-state index is -2.30. The number of rotatable bonds is 5. The third kappa shape index (κ3) is 6.13. The van der Waals surface area contributed by atoms with Crippen LogP contribution < -0.4 is 0 Å². The number of hydrogen-bond acceptors (Lipinski definition) is 1. The van der Waals surface area contributed by atoms with E-state index in [0.29, 0.717) is 5.75 Å². The summed E-state index contributed by atoms with van der Waals surface area (Å²) >= 11 is 0. The van der Waals surface area contributed by atoms with E-state index in [1.165, 1.54) is 0 Å². The Morgan fingerprint density at radius 2 is 2.00 bits per heavy atom. The van der Waals surface area contributed by atoms with Crippen molar-refractivity contribution >= 4 is 10.8 Å². The lowest BCUT2D eigenvalue weighted by Crippen LogP contribution is -2.05. The highest BCUT2D eigenvalue weighted by atomic mass is 32.2. The van der Waals surface area contributed by atoms with Crippen LogP contribution >= 0.6 is 0 Å². The standard InChI is InChI=1S/C6H12F2OS/c1-2-4-10(9)5-3-6(7)8/h6H,2-5H2,1H3. The second-order valence-electron chi connectivity index (χ2n) is 2.03. The van der Waals surface area contributed by atoms with Crippen LogP contribution in [0.2, 0.25) is 0 Å². The first kappa shape index (κ1) is 10.0. The van der Waals surface area contributed by atoms with Crippen LogP contribution in [0.1, 0.15) is 19.8 Å². The third-order valence-electron chi connectivity index (χ3n) is 0.996. The molecule has 4 heteroatoms. The molecule has 0 radical (unpaired) electrons. The van der Waals surface area contributed by atoms with Gasteiger partial charge in [0.1, 0.15) is 0 Å². The highest BCUT2D eigenvalue weighted by Crippen LogP contribution is 2.00. The van der Waals surface area contributed by atoms with Crippen molar-refractivity contribution in [3.8, 4) is 0 Å². The van der Waals surface area contributed by atoms with Gasteiger partial charge in [-0.2, -0.15) is 0 Å². The zero-order valence-corrected chi connectivity index (χ0v) is 6.79. The van der Waals surface area contributed by atoms with E-state index in [4.69, 9.17) is 0 Å². The summed E-state index contributed by atoms with van der Waals surface area (Å²) in [4.78, 5) is 0. The molecule has 1 nitrogen and oxygen atoms in total. The van der Waals surface area contributed by atoms with Gasteiger partial charge in [0.2, 0.25) is 6.43 Å². The molecular formula is C6H12F2OS. The maximum Gasteiger partial charge on any atom is 0.239 e. The molecular weight excluding hydrogens is 158 g/mol. The van der Waals surface area contributed by atoms with Gasteiger partial charge in [-0.05, 0) is 6.42 Å². The summed E-state index contributed by atoms with van der Waals surface area (Å²) < 4.78 is 33.7. The minimum Gasteiger partial charge on any atom is -0.260 e. The van der Waals surface area contributed by atoms with Crippen molar-refractivity contribution in [2.45, 2.75) is 26.2 Å². The molecule has 0 aliphatic carbocycles. The van der Waals surface area contributed by atoms with Gasteiger partial charge in [-0.15, -0.1) is 0 Å². The van der Waals surface area contributed by atoms with Crippen molar-refractivity contribution in [3.05, 3.63) is 0 Å². The Hall–Kier alpha value is 0.01000. The summed E-state index contributed by atoms with van der Waals surface area (Å²) in [5.41, 5.74) is 0. The Labute approximate surface area is 62.3 Å². The average Bonchev–Trinajstić information content (AvgIpc) is 1.85. The number of alkyl halides is 2. The maximum absolute atomic E-state index is 11.5. The molecule has 0 rings (SSSR count). The number of hydrogen-bond donors (Lipinski definition) is 0. The molecule has 0 aromatic rings. The van der Waals surface area contributed by atoms with Crippen molar-refractivity contribution in [1.82, 2.24) is 0 Å². The lowest BCUT2D eigenvalue weighted by atomic mass is 10.5. The van der Waals surface area contributed by atoms with Gasteiger partial charge in [0.15, 0.2) is 0 Å². The molecule has 0 bridgehead atoms. The average molecular weight is 170 g/mol. The highest BCUT2D eigenvalue weighted by Gasteiger charge is 2.04. The zero-order valence-electron chi connectivity index (χ0n) is 5.98. The zero-order chi connectivity index (χ0) is 7.98. The van der Waals surface area contributed by atoms with Crippen molar-refractivity contribution in [2.75, 3.05) is 11.5 Å². The fourth-order valence-electron chi connectivity index (χ4n) is 0.550. The third-order valence-corrected chi connectivity index (χ3v) is 2.55. The summed E-state index contributed by atoms with van der Waals surface area (Å²) in [5.74, 6) is 0.693. The highest BCUT2D eigenvalue weighted by molar-refractivity contribution is 7.84. The molecule has 0 aromatic carbocycles. The summed E-state index contributed by atoms with van der Waals surface area (Å²) in [7, 11) is -1.02. The van der Waals surface area contributed by atoms with Crippen molar-refractivity contribution in [1.29, 1.82) is 0 Å². The van der Waals surface area contributed by atoms with Gasteiger partial charge < -0.3 is 0 Å². The fourth-order valence-corrected chi connectivity index (χ4v) is 1.65. The van der Waals surface area contributed by atoms with Crippen LogP contribution in [0, 0.1) is 0 Å². The van der Waals surface area contributed by atoms with Gasteiger partial charge in [-0.1, -0.05) is 6.92 Å². The SMILES string of the molecule is CCCS(=O)CCC(F)F. The van der Waals surface area contributed by atoms with E-state index in [0.717, 1.165) is 6.42 Å². The molecule has 1 atom stereocenters. The summed E-state index contributed by atoms with van der Waals surface area (Å²) in [6.45, 7) is 1.89. The van der Waals surface area contributed by atoms with Gasteiger partial charge in [-0.25, -0.2) is 8.78 Å². The maximum atomic E-state index is 11.5. The normalized spacial score (nSPS) is 14.0. The molecule has 0 heterocycles. The number of halogens is 2. The quantitative estimate of drug-likeness (QED) is 0.615. The van der Waals surface area contributed by atoms with Crippen LogP contribution in [0.15, 0.2) is 0 Å². The van der Waals surface area contributed by atoms with Gasteiger partial charge in [0, 0.05) is 28.7 Å². The molecule has 0 aliphatic heterocycles. The van der Waals surface area contributed by atoms with Crippen LogP contribution in [0.5, 0.6) is 0 Å². The van der Waals surface area contributed by atoms with Gasteiger partial charge >= 0.3 is 0 Å². The fraction of sp³-hybridized carbons (Fsp3) is 1.00. The molecule has 0 fully saturated rings. The monoisotopic (exact) mass is 170 g/mol. The molecule has 0 saturated heterocycles. The largest absolute Gasteiger partial charge is 0.260 e. The van der Waals surface area contributed by atoms with Crippen LogP contribution in [0.3, 0.4) is 0 Å². The van der Waals surface area contributed by atoms with E-state index in [-0.39, 0.29) is 12.2 Å². The van der Waals surface area contributed by atoms with Crippen LogP contribution in [-0.2, 0) is 10.8 Å². The lowest BCUT2D eigenvalue weighted by Gasteiger charge is -1.98. The van der Waals surface area contributed by atoms with E-state index in [9.17, 15) is 13.0 Å². The second kappa shape index (κ2) is 5.77. The Balaban J connectivity index is 3.22. The summed E-state index contributed by atoms with van der Waals surface area (Å²) in [5, 5.41) is 0. The molecule has 0 N–H and O–H groups in total. The first-order valence-electron chi connectivity index (χ1n) is 3.30. The van der Waals surface area contributed by atoms with Crippen molar-refractivity contribution in [3.63, 3.8) is 0 Å². The van der Waals surface area contributed by atoms with Crippen molar-refractivity contribution < 1.29 is 13.0 Å². The van der Waals surface area contributed by atoms with Crippen LogP contribution in [0.25, 0.3) is 0 Å². The smallest absolute Gasteiger partial charge is 0.239 e. The first-order valence-corrected chi connectivity index (χ1v) is 4.78. The molecule has 0 aliphatic rings. The van der Waals surface area contributed by atoms with Crippen LogP contribution in [0.4, 0.5) is 8.78 Å². The molecule has 0 spiro atoms. The second-order valence-corrected chi connectivity index (χ2v) is 3.72. The van der Waals surface area contributed by atoms with Gasteiger partial charge in [-0.3, -0.25) is 4.21 Å². The lowest BCUT2D eigenvalue weighted by molar-refractivity contribution is 0.145. The van der Waals surface area contributed by atoms with Gasteiger partial charge in [0.05, 0.1) is 0 Å². The Kier molecular flexibility index (Phi) is 5.78.